The van der Waals surface area contributed by atoms with Gasteiger partial charge in [-0.3, -0.25) is 4.40 Å². The summed E-state index contributed by atoms with van der Waals surface area (Å²) in [5, 5.41) is 3.19. The Bertz CT molecular complexity index is 753. The van der Waals surface area contributed by atoms with Gasteiger partial charge < -0.3 is 5.32 Å². The van der Waals surface area contributed by atoms with E-state index < -0.39 is 0 Å². The van der Waals surface area contributed by atoms with Gasteiger partial charge in [0, 0.05) is 11.1 Å². The molecule has 104 valence electrons. The number of para-hydroxylation sites is 1. The van der Waals surface area contributed by atoms with Crippen molar-refractivity contribution in [2.24, 2.45) is 0 Å². The van der Waals surface area contributed by atoms with Crippen molar-refractivity contribution in [2.45, 2.75) is 27.3 Å². The Morgan fingerprint density at radius 3 is 2.85 bits per heavy atom. The van der Waals surface area contributed by atoms with Crippen molar-refractivity contribution in [1.29, 1.82) is 0 Å². The van der Waals surface area contributed by atoms with Crippen LogP contribution in [0.2, 0.25) is 0 Å². The first-order chi connectivity index (χ1) is 9.56. The summed E-state index contributed by atoms with van der Waals surface area (Å²) in [4.78, 5) is 6.75. The van der Waals surface area contributed by atoms with E-state index in [4.69, 9.17) is 0 Å². The number of hydrogen-bond acceptors (Lipinski definition) is 3. The zero-order valence-electron chi connectivity index (χ0n) is 11.7. The lowest BCUT2D eigenvalue weighted by Gasteiger charge is -2.10. The highest BCUT2D eigenvalue weighted by Crippen LogP contribution is 2.23. The quantitative estimate of drug-likeness (QED) is 0.787. The molecule has 3 nitrogen and oxygen atoms in total. The lowest BCUT2D eigenvalue weighted by molar-refractivity contribution is 0.629. The zero-order chi connectivity index (χ0) is 14.3. The summed E-state index contributed by atoms with van der Waals surface area (Å²) >= 11 is 1.67. The standard InChI is InChI=1S/C15H16FN3S/c1-9-5-4-6-12(16)14(9)17-7-13-11(3)18-15-19(13)8-10(2)20-15/h4-6,8,17H,7H2,1-3H3. The molecule has 0 aliphatic heterocycles. The van der Waals surface area contributed by atoms with Crippen LogP contribution < -0.4 is 5.32 Å². The van der Waals surface area contributed by atoms with Gasteiger partial charge in [0.05, 0.1) is 23.6 Å². The van der Waals surface area contributed by atoms with Gasteiger partial charge in [0.2, 0.25) is 0 Å². The summed E-state index contributed by atoms with van der Waals surface area (Å²) in [6.45, 7) is 6.51. The molecular formula is C15H16FN3S. The van der Waals surface area contributed by atoms with Crippen LogP contribution in [0, 0.1) is 26.6 Å². The van der Waals surface area contributed by atoms with E-state index in [-0.39, 0.29) is 5.82 Å². The summed E-state index contributed by atoms with van der Waals surface area (Å²) in [6.07, 6.45) is 2.07. The maximum Gasteiger partial charge on any atom is 0.194 e. The molecule has 0 saturated heterocycles. The first-order valence-corrected chi connectivity index (χ1v) is 7.31. The highest BCUT2D eigenvalue weighted by Gasteiger charge is 2.12. The van der Waals surface area contributed by atoms with Gasteiger partial charge in [-0.2, -0.15) is 0 Å². The molecule has 0 spiro atoms. The molecule has 0 saturated carbocycles. The minimum absolute atomic E-state index is 0.218. The third kappa shape index (κ3) is 2.18. The summed E-state index contributed by atoms with van der Waals surface area (Å²) in [7, 11) is 0. The van der Waals surface area contributed by atoms with Crippen LogP contribution in [-0.2, 0) is 6.54 Å². The number of anilines is 1. The molecule has 5 heteroatoms. The Hall–Kier alpha value is -1.88. The Labute approximate surface area is 121 Å². The second-order valence-corrected chi connectivity index (χ2v) is 6.14. The van der Waals surface area contributed by atoms with Crippen LogP contribution in [0.5, 0.6) is 0 Å². The van der Waals surface area contributed by atoms with Gasteiger partial charge in [-0.25, -0.2) is 9.37 Å². The third-order valence-corrected chi connectivity index (χ3v) is 4.29. The lowest BCUT2D eigenvalue weighted by atomic mass is 10.2. The Balaban J connectivity index is 1.92. The summed E-state index contributed by atoms with van der Waals surface area (Å²) in [5.41, 5.74) is 3.53. The highest BCUT2D eigenvalue weighted by atomic mass is 32.1. The van der Waals surface area contributed by atoms with Crippen molar-refractivity contribution in [3.63, 3.8) is 0 Å². The minimum Gasteiger partial charge on any atom is -0.377 e. The van der Waals surface area contributed by atoms with Crippen molar-refractivity contribution in [1.82, 2.24) is 9.38 Å². The Morgan fingerprint density at radius 1 is 1.30 bits per heavy atom. The molecule has 0 bridgehead atoms. The summed E-state index contributed by atoms with van der Waals surface area (Å²) in [5.74, 6) is -0.218. The van der Waals surface area contributed by atoms with Gasteiger partial charge in [-0.15, -0.1) is 11.3 Å². The zero-order valence-corrected chi connectivity index (χ0v) is 12.5. The number of thiazole rings is 1. The number of hydrogen-bond donors (Lipinski definition) is 1. The van der Waals surface area contributed by atoms with Crippen LogP contribution in [-0.4, -0.2) is 9.38 Å². The van der Waals surface area contributed by atoms with Crippen LogP contribution in [0.4, 0.5) is 10.1 Å². The van der Waals surface area contributed by atoms with Crippen molar-refractivity contribution in [3.05, 3.63) is 52.0 Å². The number of aryl methyl sites for hydroxylation is 3. The smallest absolute Gasteiger partial charge is 0.194 e. The Kier molecular flexibility index (Phi) is 3.22. The molecule has 2 heterocycles. The van der Waals surface area contributed by atoms with Gasteiger partial charge in [-0.05, 0) is 32.4 Å². The van der Waals surface area contributed by atoms with Crippen LogP contribution >= 0.6 is 11.3 Å². The summed E-state index contributed by atoms with van der Waals surface area (Å²) in [6, 6.07) is 5.10. The number of aromatic nitrogens is 2. The fourth-order valence-electron chi connectivity index (χ4n) is 2.35. The molecule has 20 heavy (non-hydrogen) atoms. The number of fused-ring (bicyclic) bond motifs is 1. The van der Waals surface area contributed by atoms with E-state index in [2.05, 4.69) is 27.8 Å². The van der Waals surface area contributed by atoms with E-state index in [1.807, 2.05) is 19.9 Å². The van der Waals surface area contributed by atoms with Crippen molar-refractivity contribution in [2.75, 3.05) is 5.32 Å². The monoisotopic (exact) mass is 289 g/mol. The fraction of sp³-hybridized carbons (Fsp3) is 0.267. The number of nitrogens with one attached hydrogen (secondary N) is 1. The number of imidazole rings is 1. The number of rotatable bonds is 3. The van der Waals surface area contributed by atoms with Gasteiger partial charge >= 0.3 is 0 Å². The maximum absolute atomic E-state index is 13.8. The minimum atomic E-state index is -0.218. The van der Waals surface area contributed by atoms with E-state index in [0.29, 0.717) is 12.2 Å². The normalized spacial score (nSPS) is 11.2. The van der Waals surface area contributed by atoms with E-state index in [1.54, 1.807) is 17.4 Å². The largest absolute Gasteiger partial charge is 0.377 e. The molecular weight excluding hydrogens is 273 g/mol. The molecule has 0 atom stereocenters. The van der Waals surface area contributed by atoms with Crippen LogP contribution in [0.25, 0.3) is 4.96 Å². The van der Waals surface area contributed by atoms with E-state index in [9.17, 15) is 4.39 Å². The van der Waals surface area contributed by atoms with Gasteiger partial charge in [0.1, 0.15) is 5.82 Å². The van der Waals surface area contributed by atoms with E-state index in [1.165, 1.54) is 10.9 Å². The van der Waals surface area contributed by atoms with E-state index >= 15 is 0 Å². The second-order valence-electron chi connectivity index (χ2n) is 4.92. The molecule has 0 radical (unpaired) electrons. The molecule has 0 amide bonds. The first-order valence-electron chi connectivity index (χ1n) is 6.49. The van der Waals surface area contributed by atoms with Crippen molar-refractivity contribution < 1.29 is 4.39 Å². The molecule has 1 aromatic carbocycles. The molecule has 0 aliphatic carbocycles. The molecule has 2 aromatic heterocycles. The van der Waals surface area contributed by atoms with Crippen molar-refractivity contribution >= 4 is 22.0 Å². The second kappa shape index (κ2) is 4.90. The average molecular weight is 289 g/mol. The maximum atomic E-state index is 13.8. The van der Waals surface area contributed by atoms with Gasteiger partial charge in [0.25, 0.3) is 0 Å². The average Bonchev–Trinajstić information content (AvgIpc) is 2.85. The topological polar surface area (TPSA) is 29.3 Å². The molecule has 0 unspecified atom stereocenters. The molecule has 1 N–H and O–H groups in total. The van der Waals surface area contributed by atoms with Crippen LogP contribution in [0.3, 0.4) is 0 Å². The Morgan fingerprint density at radius 2 is 2.10 bits per heavy atom. The predicted octanol–water partition coefficient (Wildman–Crippen LogP) is 4.07. The SMILES string of the molecule is Cc1cn2c(CNc3c(C)cccc3F)c(C)nc2s1. The molecule has 3 aromatic rings. The lowest BCUT2D eigenvalue weighted by Crippen LogP contribution is -2.06. The van der Waals surface area contributed by atoms with Crippen molar-refractivity contribution in [3.8, 4) is 0 Å². The third-order valence-electron chi connectivity index (χ3n) is 3.40. The van der Waals surface area contributed by atoms with Gasteiger partial charge in [0.15, 0.2) is 4.96 Å². The van der Waals surface area contributed by atoms with Crippen LogP contribution in [0.1, 0.15) is 21.8 Å². The molecule has 0 aliphatic rings. The number of nitrogens with zero attached hydrogens (tertiary/aromatic N) is 2. The molecule has 3 rings (SSSR count). The van der Waals surface area contributed by atoms with Crippen LogP contribution in [0.15, 0.2) is 24.4 Å². The molecule has 0 fully saturated rings. The fourth-order valence-corrected chi connectivity index (χ4v) is 3.24. The number of benzene rings is 1. The van der Waals surface area contributed by atoms with E-state index in [0.717, 1.165) is 21.9 Å². The van der Waals surface area contributed by atoms with Gasteiger partial charge in [-0.1, -0.05) is 12.1 Å². The summed E-state index contributed by atoms with van der Waals surface area (Å²) < 4.78 is 15.9. The highest BCUT2D eigenvalue weighted by molar-refractivity contribution is 7.17. The predicted molar refractivity (Wildman–Crippen MR) is 81.0 cm³/mol. The number of halogens is 1. The first kappa shape index (κ1) is 13.1.